The maximum absolute atomic E-state index is 4.47. The van der Waals surface area contributed by atoms with Crippen LogP contribution in [0.2, 0.25) is 0 Å². The van der Waals surface area contributed by atoms with Gasteiger partial charge in [0.25, 0.3) is 0 Å². The fraction of sp³-hybridized carbons (Fsp3) is 0.167. The van der Waals surface area contributed by atoms with Crippen LogP contribution in [0.3, 0.4) is 0 Å². The number of hydrogen-bond donors (Lipinski definition) is 1. The lowest BCUT2D eigenvalue weighted by Crippen LogP contribution is -2.03. The topological polar surface area (TPSA) is 37.8 Å². The lowest BCUT2D eigenvalue weighted by Gasteiger charge is -1.97. The quantitative estimate of drug-likeness (QED) is 0.820. The zero-order valence-electron chi connectivity index (χ0n) is 8.64. The van der Waals surface area contributed by atoms with Gasteiger partial charge in [0.05, 0.1) is 22.9 Å². The lowest BCUT2D eigenvalue weighted by molar-refractivity contribution is 0.922. The van der Waals surface area contributed by atoms with E-state index in [0.29, 0.717) is 0 Å². The van der Waals surface area contributed by atoms with E-state index in [2.05, 4.69) is 15.3 Å². The van der Waals surface area contributed by atoms with Gasteiger partial charge >= 0.3 is 0 Å². The third kappa shape index (κ3) is 2.39. The predicted molar refractivity (Wildman–Crippen MR) is 62.5 cm³/mol. The number of rotatable bonds is 3. The molecule has 0 saturated heterocycles. The van der Waals surface area contributed by atoms with Crippen molar-refractivity contribution in [3.8, 4) is 0 Å². The molecule has 76 valence electrons. The first kappa shape index (κ1) is 9.80. The summed E-state index contributed by atoms with van der Waals surface area (Å²) >= 11 is 0. The predicted octanol–water partition coefficient (Wildman–Crippen LogP) is 1.86. The first-order chi connectivity index (χ1) is 7.40. The van der Waals surface area contributed by atoms with Crippen LogP contribution in [0.5, 0.6) is 0 Å². The highest BCUT2D eigenvalue weighted by molar-refractivity contribution is 5.74. The minimum Gasteiger partial charge on any atom is -0.316 e. The number of fused-ring (bicyclic) bond motifs is 1. The first-order valence-electron chi connectivity index (χ1n) is 4.93. The van der Waals surface area contributed by atoms with Gasteiger partial charge in [0.1, 0.15) is 0 Å². The summed E-state index contributed by atoms with van der Waals surface area (Å²) in [4.78, 5) is 8.80. The molecule has 0 aliphatic carbocycles. The van der Waals surface area contributed by atoms with Crippen molar-refractivity contribution in [2.75, 3.05) is 13.6 Å². The van der Waals surface area contributed by atoms with Crippen LogP contribution in [-0.2, 0) is 0 Å². The van der Waals surface area contributed by atoms with Crippen molar-refractivity contribution in [2.45, 2.75) is 0 Å². The van der Waals surface area contributed by atoms with Crippen molar-refractivity contribution in [3.05, 3.63) is 42.2 Å². The zero-order valence-corrected chi connectivity index (χ0v) is 8.64. The van der Waals surface area contributed by atoms with Crippen molar-refractivity contribution < 1.29 is 0 Å². The average Bonchev–Trinajstić information content (AvgIpc) is 2.29. The molecule has 2 aromatic rings. The molecule has 3 nitrogen and oxygen atoms in total. The second-order valence-corrected chi connectivity index (χ2v) is 3.24. The molecule has 0 fully saturated rings. The highest BCUT2D eigenvalue weighted by Gasteiger charge is 1.94. The Morgan fingerprint density at radius 3 is 2.87 bits per heavy atom. The Labute approximate surface area is 88.9 Å². The Balaban J connectivity index is 2.30. The standard InChI is InChI=1S/C12H13N3/c1-13-8-4-5-10-9-14-11-6-2-3-7-12(11)15-10/h2-7,9,13H,8H2,1H3. The van der Waals surface area contributed by atoms with Gasteiger partial charge in [0, 0.05) is 6.54 Å². The number of para-hydroxylation sites is 2. The number of nitrogens with zero attached hydrogens (tertiary/aromatic N) is 2. The second kappa shape index (κ2) is 4.66. The maximum atomic E-state index is 4.47. The van der Waals surface area contributed by atoms with E-state index in [4.69, 9.17) is 0 Å². The Bertz CT molecular complexity index is 477. The smallest absolute Gasteiger partial charge is 0.0894 e. The molecule has 0 spiro atoms. The Morgan fingerprint density at radius 2 is 2.07 bits per heavy atom. The number of likely N-dealkylation sites (N-methyl/N-ethyl adjacent to an activating group) is 1. The molecular weight excluding hydrogens is 186 g/mol. The lowest BCUT2D eigenvalue weighted by atomic mass is 10.3. The fourth-order valence-corrected chi connectivity index (χ4v) is 1.35. The van der Waals surface area contributed by atoms with E-state index < -0.39 is 0 Å². The van der Waals surface area contributed by atoms with Crippen LogP contribution in [0.4, 0.5) is 0 Å². The summed E-state index contributed by atoms with van der Waals surface area (Å²) in [5, 5.41) is 3.04. The van der Waals surface area contributed by atoms with Crippen molar-refractivity contribution in [1.29, 1.82) is 0 Å². The molecule has 0 amide bonds. The Morgan fingerprint density at radius 1 is 1.27 bits per heavy atom. The Kier molecular flexibility index (Phi) is 3.05. The van der Waals surface area contributed by atoms with Crippen LogP contribution in [0, 0.1) is 0 Å². The largest absolute Gasteiger partial charge is 0.316 e. The van der Waals surface area contributed by atoms with Crippen LogP contribution >= 0.6 is 0 Å². The minimum absolute atomic E-state index is 0.842. The van der Waals surface area contributed by atoms with Gasteiger partial charge in [-0.3, -0.25) is 4.98 Å². The summed E-state index contributed by atoms with van der Waals surface area (Å²) in [6.07, 6.45) is 5.78. The van der Waals surface area contributed by atoms with Gasteiger partial charge in [0.2, 0.25) is 0 Å². The molecule has 0 atom stereocenters. The van der Waals surface area contributed by atoms with Crippen molar-refractivity contribution in [2.24, 2.45) is 0 Å². The molecule has 3 heteroatoms. The number of nitrogens with one attached hydrogen (secondary N) is 1. The number of aromatic nitrogens is 2. The van der Waals surface area contributed by atoms with Crippen molar-refractivity contribution in [3.63, 3.8) is 0 Å². The van der Waals surface area contributed by atoms with Crippen LogP contribution in [0.25, 0.3) is 17.1 Å². The van der Waals surface area contributed by atoms with Gasteiger partial charge in [0.15, 0.2) is 0 Å². The molecule has 1 aromatic heterocycles. The second-order valence-electron chi connectivity index (χ2n) is 3.24. The summed E-state index contributed by atoms with van der Waals surface area (Å²) in [6.45, 7) is 0.842. The number of benzene rings is 1. The number of hydrogen-bond acceptors (Lipinski definition) is 3. The highest BCUT2D eigenvalue weighted by atomic mass is 14.8. The van der Waals surface area contributed by atoms with Crippen LogP contribution in [0.15, 0.2) is 36.5 Å². The molecule has 0 bridgehead atoms. The molecule has 1 aromatic carbocycles. The van der Waals surface area contributed by atoms with E-state index in [1.165, 1.54) is 0 Å². The van der Waals surface area contributed by atoms with E-state index in [1.54, 1.807) is 6.20 Å². The summed E-state index contributed by atoms with van der Waals surface area (Å²) in [6, 6.07) is 7.87. The van der Waals surface area contributed by atoms with E-state index in [9.17, 15) is 0 Å². The highest BCUT2D eigenvalue weighted by Crippen LogP contribution is 2.08. The SMILES string of the molecule is CNCC=Cc1cnc2ccccc2n1. The van der Waals surface area contributed by atoms with Gasteiger partial charge in [-0.25, -0.2) is 4.98 Å². The third-order valence-corrected chi connectivity index (χ3v) is 2.08. The summed E-state index contributed by atoms with van der Waals surface area (Å²) in [5.41, 5.74) is 2.76. The summed E-state index contributed by atoms with van der Waals surface area (Å²) in [7, 11) is 1.91. The van der Waals surface area contributed by atoms with Gasteiger partial charge in [-0.05, 0) is 25.3 Å². The van der Waals surface area contributed by atoms with Crippen molar-refractivity contribution in [1.82, 2.24) is 15.3 Å². The van der Waals surface area contributed by atoms with Gasteiger partial charge < -0.3 is 5.32 Å². The molecule has 0 aliphatic rings. The first-order valence-corrected chi connectivity index (χ1v) is 4.93. The van der Waals surface area contributed by atoms with Gasteiger partial charge in [-0.2, -0.15) is 0 Å². The van der Waals surface area contributed by atoms with E-state index in [-0.39, 0.29) is 0 Å². The van der Waals surface area contributed by atoms with Gasteiger partial charge in [-0.15, -0.1) is 0 Å². The minimum atomic E-state index is 0.842. The van der Waals surface area contributed by atoms with Crippen molar-refractivity contribution >= 4 is 17.1 Å². The molecule has 0 unspecified atom stereocenters. The monoisotopic (exact) mass is 199 g/mol. The molecule has 0 radical (unpaired) electrons. The zero-order chi connectivity index (χ0) is 10.5. The average molecular weight is 199 g/mol. The van der Waals surface area contributed by atoms with Gasteiger partial charge in [-0.1, -0.05) is 18.2 Å². The van der Waals surface area contributed by atoms with E-state index >= 15 is 0 Å². The normalized spacial score (nSPS) is 11.3. The fourth-order valence-electron chi connectivity index (χ4n) is 1.35. The Hall–Kier alpha value is -1.74. The molecule has 1 N–H and O–H groups in total. The molecule has 15 heavy (non-hydrogen) atoms. The van der Waals surface area contributed by atoms with Crippen LogP contribution in [-0.4, -0.2) is 23.6 Å². The van der Waals surface area contributed by atoms with Crippen LogP contribution < -0.4 is 5.32 Å². The third-order valence-electron chi connectivity index (χ3n) is 2.08. The summed E-state index contributed by atoms with van der Waals surface area (Å²) < 4.78 is 0. The molecule has 1 heterocycles. The van der Waals surface area contributed by atoms with E-state index in [1.807, 2.05) is 43.5 Å². The van der Waals surface area contributed by atoms with E-state index in [0.717, 1.165) is 23.3 Å². The molecular formula is C12H13N3. The van der Waals surface area contributed by atoms with Crippen LogP contribution in [0.1, 0.15) is 5.69 Å². The molecule has 0 saturated carbocycles. The summed E-state index contributed by atoms with van der Waals surface area (Å²) in [5.74, 6) is 0. The molecule has 0 aliphatic heterocycles. The molecule has 2 rings (SSSR count). The maximum Gasteiger partial charge on any atom is 0.0894 e.